The molecule has 1 aliphatic heterocycles. The molecule has 1 aromatic rings. The maximum Gasteiger partial charge on any atom is 0.0564 e. The van der Waals surface area contributed by atoms with Crippen LogP contribution < -0.4 is 5.73 Å². The zero-order valence-electron chi connectivity index (χ0n) is 8.59. The van der Waals surface area contributed by atoms with Gasteiger partial charge in [0, 0.05) is 46.8 Å². The Balaban J connectivity index is 2.04. The number of thiophene rings is 1. The van der Waals surface area contributed by atoms with Gasteiger partial charge in [-0.05, 0) is 11.4 Å². The third-order valence-electron chi connectivity index (χ3n) is 2.75. The van der Waals surface area contributed by atoms with Gasteiger partial charge in [0.1, 0.15) is 0 Å². The van der Waals surface area contributed by atoms with Gasteiger partial charge in [-0.25, -0.2) is 0 Å². The normalized spacial score (nSPS) is 21.7. The molecular formula is C10H16N2OS2. The van der Waals surface area contributed by atoms with Gasteiger partial charge in [0.05, 0.1) is 6.04 Å². The Morgan fingerprint density at radius 3 is 2.80 bits per heavy atom. The first-order valence-corrected chi connectivity index (χ1v) is 7.50. The van der Waals surface area contributed by atoms with Crippen LogP contribution in [0.5, 0.6) is 0 Å². The Hall–Kier alpha value is -0.230. The zero-order valence-corrected chi connectivity index (χ0v) is 10.2. The van der Waals surface area contributed by atoms with E-state index in [4.69, 9.17) is 5.73 Å². The number of nitrogens with zero attached hydrogens (tertiary/aromatic N) is 1. The quantitative estimate of drug-likeness (QED) is 0.856. The van der Waals surface area contributed by atoms with E-state index >= 15 is 0 Å². The molecular weight excluding hydrogens is 228 g/mol. The average Bonchev–Trinajstić information content (AvgIpc) is 2.75. The molecule has 1 saturated heterocycles. The van der Waals surface area contributed by atoms with Crippen molar-refractivity contribution in [2.45, 2.75) is 6.04 Å². The van der Waals surface area contributed by atoms with E-state index in [1.807, 2.05) is 0 Å². The molecule has 0 bridgehead atoms. The minimum Gasteiger partial charge on any atom is -0.329 e. The molecule has 0 radical (unpaired) electrons. The molecule has 5 heteroatoms. The van der Waals surface area contributed by atoms with Gasteiger partial charge in [-0.15, -0.1) is 11.3 Å². The van der Waals surface area contributed by atoms with Crippen LogP contribution in [0.2, 0.25) is 0 Å². The second-order valence-electron chi connectivity index (χ2n) is 3.65. The van der Waals surface area contributed by atoms with Crippen LogP contribution in [-0.4, -0.2) is 40.2 Å². The number of rotatable bonds is 3. The van der Waals surface area contributed by atoms with Gasteiger partial charge >= 0.3 is 0 Å². The Morgan fingerprint density at radius 1 is 1.53 bits per heavy atom. The Morgan fingerprint density at radius 2 is 2.27 bits per heavy atom. The smallest absolute Gasteiger partial charge is 0.0564 e. The van der Waals surface area contributed by atoms with Gasteiger partial charge in [0.2, 0.25) is 0 Å². The van der Waals surface area contributed by atoms with Crippen LogP contribution in [0.25, 0.3) is 0 Å². The molecule has 0 aliphatic carbocycles. The first-order chi connectivity index (χ1) is 7.31. The van der Waals surface area contributed by atoms with E-state index in [1.165, 1.54) is 4.88 Å². The molecule has 2 N–H and O–H groups in total. The van der Waals surface area contributed by atoms with E-state index in [0.29, 0.717) is 12.6 Å². The molecule has 2 rings (SSSR count). The summed E-state index contributed by atoms with van der Waals surface area (Å²) in [5.74, 6) is 1.59. The Bertz CT molecular complexity index is 316. The second kappa shape index (κ2) is 5.21. The van der Waals surface area contributed by atoms with Crippen LogP contribution in [0.1, 0.15) is 10.9 Å². The van der Waals surface area contributed by atoms with Crippen LogP contribution in [0.15, 0.2) is 17.5 Å². The molecule has 1 atom stereocenters. The lowest BCUT2D eigenvalue weighted by Crippen LogP contribution is -2.42. The van der Waals surface area contributed by atoms with E-state index in [2.05, 4.69) is 22.4 Å². The molecule has 84 valence electrons. The SMILES string of the molecule is NCC(c1cccs1)N1CCS(=O)CC1. The summed E-state index contributed by atoms with van der Waals surface area (Å²) in [5.41, 5.74) is 5.82. The van der Waals surface area contributed by atoms with E-state index in [0.717, 1.165) is 24.6 Å². The third kappa shape index (κ3) is 2.66. The average molecular weight is 244 g/mol. The van der Waals surface area contributed by atoms with E-state index in [-0.39, 0.29) is 0 Å². The minimum atomic E-state index is -0.605. The maximum atomic E-state index is 11.3. The second-order valence-corrected chi connectivity index (χ2v) is 6.33. The highest BCUT2D eigenvalue weighted by Crippen LogP contribution is 2.24. The predicted octanol–water partition coefficient (Wildman–Crippen LogP) is 0.812. The van der Waals surface area contributed by atoms with Crippen molar-refractivity contribution >= 4 is 22.1 Å². The molecule has 1 unspecified atom stereocenters. The molecule has 0 amide bonds. The van der Waals surface area contributed by atoms with Crippen LogP contribution >= 0.6 is 11.3 Å². The van der Waals surface area contributed by atoms with Crippen LogP contribution in [-0.2, 0) is 10.8 Å². The van der Waals surface area contributed by atoms with Crippen LogP contribution in [0.3, 0.4) is 0 Å². The number of nitrogens with two attached hydrogens (primary N) is 1. The molecule has 1 fully saturated rings. The maximum absolute atomic E-state index is 11.3. The van der Waals surface area contributed by atoms with E-state index in [1.54, 1.807) is 11.3 Å². The summed E-state index contributed by atoms with van der Waals surface area (Å²) >= 11 is 1.75. The lowest BCUT2D eigenvalue weighted by Gasteiger charge is -2.32. The molecule has 0 aromatic carbocycles. The summed E-state index contributed by atoms with van der Waals surface area (Å²) < 4.78 is 11.3. The Labute approximate surface area is 96.7 Å². The van der Waals surface area contributed by atoms with Gasteiger partial charge in [-0.2, -0.15) is 0 Å². The molecule has 0 spiro atoms. The van der Waals surface area contributed by atoms with Crippen molar-refractivity contribution < 1.29 is 4.21 Å². The summed E-state index contributed by atoms with van der Waals surface area (Å²) in [6, 6.07) is 4.51. The van der Waals surface area contributed by atoms with Gasteiger partial charge in [-0.3, -0.25) is 9.11 Å². The molecule has 0 saturated carbocycles. The standard InChI is InChI=1S/C10H16N2OS2/c11-8-9(10-2-1-5-14-10)12-3-6-15(13)7-4-12/h1-2,5,9H,3-4,6-8,11H2. The van der Waals surface area contributed by atoms with Gasteiger partial charge in [-0.1, -0.05) is 6.07 Å². The van der Waals surface area contributed by atoms with Gasteiger partial charge in [0.15, 0.2) is 0 Å². The van der Waals surface area contributed by atoms with Crippen molar-refractivity contribution in [1.29, 1.82) is 0 Å². The minimum absolute atomic E-state index is 0.322. The summed E-state index contributed by atoms with van der Waals surface area (Å²) in [5, 5.41) is 2.08. The monoisotopic (exact) mass is 244 g/mol. The van der Waals surface area contributed by atoms with Crippen molar-refractivity contribution in [3.05, 3.63) is 22.4 Å². The fraction of sp³-hybridized carbons (Fsp3) is 0.600. The van der Waals surface area contributed by atoms with Gasteiger partial charge in [0.25, 0.3) is 0 Å². The predicted molar refractivity (Wildman–Crippen MR) is 65.6 cm³/mol. The summed E-state index contributed by atoms with van der Waals surface area (Å²) in [7, 11) is -0.605. The van der Waals surface area contributed by atoms with Gasteiger partial charge < -0.3 is 5.73 Å². The molecule has 2 heterocycles. The summed E-state index contributed by atoms with van der Waals surface area (Å²) in [6.07, 6.45) is 0. The van der Waals surface area contributed by atoms with Crippen molar-refractivity contribution in [3.63, 3.8) is 0 Å². The van der Waals surface area contributed by atoms with Crippen molar-refractivity contribution in [2.24, 2.45) is 5.73 Å². The first kappa shape index (κ1) is 11.3. The highest BCUT2D eigenvalue weighted by Gasteiger charge is 2.23. The summed E-state index contributed by atoms with van der Waals surface area (Å²) in [4.78, 5) is 3.68. The van der Waals surface area contributed by atoms with E-state index < -0.39 is 10.8 Å². The summed E-state index contributed by atoms with van der Waals surface area (Å²) in [6.45, 7) is 2.46. The fourth-order valence-corrected chi connectivity index (χ4v) is 3.84. The number of hydrogen-bond donors (Lipinski definition) is 1. The molecule has 3 nitrogen and oxygen atoms in total. The molecule has 1 aliphatic rings. The van der Waals surface area contributed by atoms with Crippen molar-refractivity contribution in [1.82, 2.24) is 4.90 Å². The topological polar surface area (TPSA) is 46.3 Å². The number of hydrogen-bond acceptors (Lipinski definition) is 4. The highest BCUT2D eigenvalue weighted by molar-refractivity contribution is 7.85. The molecule has 1 aromatic heterocycles. The lowest BCUT2D eigenvalue weighted by molar-refractivity contribution is 0.224. The molecule has 15 heavy (non-hydrogen) atoms. The third-order valence-corrected chi connectivity index (χ3v) is 5.00. The van der Waals surface area contributed by atoms with Crippen LogP contribution in [0, 0.1) is 0 Å². The van der Waals surface area contributed by atoms with Crippen molar-refractivity contribution in [3.8, 4) is 0 Å². The largest absolute Gasteiger partial charge is 0.329 e. The first-order valence-electron chi connectivity index (χ1n) is 5.14. The fourth-order valence-electron chi connectivity index (χ4n) is 1.89. The Kier molecular flexibility index (Phi) is 3.91. The van der Waals surface area contributed by atoms with Crippen LogP contribution in [0.4, 0.5) is 0 Å². The van der Waals surface area contributed by atoms with Crippen molar-refractivity contribution in [2.75, 3.05) is 31.1 Å². The van der Waals surface area contributed by atoms with E-state index in [9.17, 15) is 4.21 Å². The zero-order chi connectivity index (χ0) is 10.7. The highest BCUT2D eigenvalue weighted by atomic mass is 32.2. The lowest BCUT2D eigenvalue weighted by atomic mass is 10.2.